The average Bonchev–Trinajstić information content (AvgIpc) is 3.39. The molecule has 2 bridgehead atoms. The average molecular weight is 649 g/mol. The smallest absolute Gasteiger partial charge is 0.234 e. The standard InChI is InChI=1S/C41H44N8/c1-5-8-19-34-29(4)49(33-18-12-10-11-16-30(34)26-33)41-47-39(31-17-15-24-44-37(27-31)35(42-7-3)20-9-6-2)46-40(48-41)32-22-25-45-38(28-32)36-21-13-14-23-43-36/h8-9,11-16,18-28,33,37,44H,5-7,10,17H2,1-4H3/b16-11-,18-12?,19-8-,20-9-,42-35?. The van der Waals surface area contributed by atoms with Crippen molar-refractivity contribution in [1.29, 1.82) is 0 Å². The molecule has 0 radical (unpaired) electrons. The van der Waals surface area contributed by atoms with E-state index in [1.807, 2.05) is 36.5 Å². The van der Waals surface area contributed by atoms with E-state index in [0.29, 0.717) is 30.6 Å². The highest BCUT2D eigenvalue weighted by Gasteiger charge is 2.29. The number of nitrogens with zero attached hydrogens (tertiary/aromatic N) is 7. The molecule has 6 rings (SSSR count). The van der Waals surface area contributed by atoms with Gasteiger partial charge in [0.15, 0.2) is 11.6 Å². The van der Waals surface area contributed by atoms with Crippen LogP contribution >= 0.6 is 0 Å². The summed E-state index contributed by atoms with van der Waals surface area (Å²) in [6, 6.07) is 9.62. The maximum Gasteiger partial charge on any atom is 0.234 e. The third kappa shape index (κ3) is 7.81. The van der Waals surface area contributed by atoms with E-state index in [-0.39, 0.29) is 12.1 Å². The first kappa shape index (κ1) is 33.4. The minimum Gasteiger partial charge on any atom is -0.379 e. The van der Waals surface area contributed by atoms with Gasteiger partial charge in [0.05, 0.1) is 29.2 Å². The highest BCUT2D eigenvalue weighted by molar-refractivity contribution is 6.01. The number of pyridine rings is 2. The van der Waals surface area contributed by atoms with Crippen LogP contribution in [0.15, 0.2) is 138 Å². The van der Waals surface area contributed by atoms with Crippen LogP contribution in [0.2, 0.25) is 0 Å². The van der Waals surface area contributed by atoms with E-state index in [4.69, 9.17) is 19.9 Å². The molecule has 1 N–H and O–H groups in total. The number of aliphatic imine (C=N–C) groups is 1. The Bertz CT molecular complexity index is 1920. The molecule has 0 aromatic carbocycles. The molecule has 8 nitrogen and oxygen atoms in total. The van der Waals surface area contributed by atoms with E-state index in [0.717, 1.165) is 53.2 Å². The Morgan fingerprint density at radius 2 is 1.80 bits per heavy atom. The number of nitrogens with one attached hydrogen (secondary N) is 1. The highest BCUT2D eigenvalue weighted by atomic mass is 15.3. The van der Waals surface area contributed by atoms with Crippen LogP contribution in [-0.2, 0) is 0 Å². The van der Waals surface area contributed by atoms with E-state index >= 15 is 0 Å². The Morgan fingerprint density at radius 1 is 0.939 bits per heavy atom. The van der Waals surface area contributed by atoms with Crippen molar-refractivity contribution >= 4 is 17.2 Å². The maximum absolute atomic E-state index is 5.25. The molecule has 3 aliphatic rings. The zero-order valence-electron chi connectivity index (χ0n) is 28.8. The van der Waals surface area contributed by atoms with Gasteiger partial charge in [0.25, 0.3) is 0 Å². The Balaban J connectivity index is 1.54. The molecule has 0 saturated carbocycles. The summed E-state index contributed by atoms with van der Waals surface area (Å²) in [5.41, 5.74) is 7.84. The van der Waals surface area contributed by atoms with Crippen LogP contribution in [0.1, 0.15) is 59.2 Å². The predicted octanol–water partition coefficient (Wildman–Crippen LogP) is 8.55. The van der Waals surface area contributed by atoms with E-state index in [9.17, 15) is 0 Å². The quantitative estimate of drug-likeness (QED) is 0.174. The van der Waals surface area contributed by atoms with E-state index < -0.39 is 0 Å². The van der Waals surface area contributed by atoms with Crippen molar-refractivity contribution in [2.24, 2.45) is 4.99 Å². The van der Waals surface area contributed by atoms with Crippen molar-refractivity contribution in [3.8, 4) is 22.8 Å². The number of aromatic nitrogens is 5. The molecule has 0 saturated heterocycles. The monoisotopic (exact) mass is 648 g/mol. The largest absolute Gasteiger partial charge is 0.379 e. The lowest BCUT2D eigenvalue weighted by Crippen LogP contribution is -2.36. The lowest BCUT2D eigenvalue weighted by Gasteiger charge is -2.35. The van der Waals surface area contributed by atoms with E-state index in [2.05, 4.69) is 115 Å². The normalized spacial score (nSPS) is 20.2. The van der Waals surface area contributed by atoms with Crippen LogP contribution in [0.25, 0.3) is 28.3 Å². The van der Waals surface area contributed by atoms with Crippen LogP contribution < -0.4 is 10.2 Å². The SMILES string of the molecule is CC/C=C\C(=NCC)C1C=C(c2nc(-c3ccnc(-c4ccccn4)c3)nc(N3C(C)=C(/C=C\CC)C4=CC3C=CC/C=C\4)n2)CC=CN1. The third-order valence-electron chi connectivity index (χ3n) is 8.49. The van der Waals surface area contributed by atoms with Crippen molar-refractivity contribution in [2.75, 3.05) is 11.4 Å². The predicted molar refractivity (Wildman–Crippen MR) is 202 cm³/mol. The van der Waals surface area contributed by atoms with Gasteiger partial charge in [0.2, 0.25) is 5.95 Å². The zero-order chi connectivity index (χ0) is 34.0. The molecule has 3 aromatic rings. The van der Waals surface area contributed by atoms with E-state index in [1.54, 1.807) is 12.4 Å². The van der Waals surface area contributed by atoms with Crippen molar-refractivity contribution in [2.45, 2.75) is 65.5 Å². The van der Waals surface area contributed by atoms with Gasteiger partial charge < -0.3 is 10.2 Å². The summed E-state index contributed by atoms with van der Waals surface area (Å²) in [5, 5.41) is 3.52. The van der Waals surface area contributed by atoms with Gasteiger partial charge in [-0.3, -0.25) is 15.0 Å². The van der Waals surface area contributed by atoms with Crippen LogP contribution in [0.4, 0.5) is 5.95 Å². The Labute approximate surface area is 290 Å². The lowest BCUT2D eigenvalue weighted by atomic mass is 9.93. The molecule has 2 aliphatic heterocycles. The summed E-state index contributed by atoms with van der Waals surface area (Å²) in [6.07, 6.45) is 33.2. The lowest BCUT2D eigenvalue weighted by molar-refractivity contribution is 0.801. The summed E-state index contributed by atoms with van der Waals surface area (Å²) in [5.74, 6) is 1.81. The van der Waals surface area contributed by atoms with Crippen molar-refractivity contribution in [1.82, 2.24) is 30.2 Å². The number of fused-ring (bicyclic) bond motifs is 1. The zero-order valence-corrected chi connectivity index (χ0v) is 28.8. The highest BCUT2D eigenvalue weighted by Crippen LogP contribution is 2.35. The molecular weight excluding hydrogens is 605 g/mol. The summed E-state index contributed by atoms with van der Waals surface area (Å²) in [7, 11) is 0. The molecular formula is C41H44N8. The molecule has 1 aliphatic carbocycles. The maximum atomic E-state index is 5.25. The Hall–Kier alpha value is -5.50. The van der Waals surface area contributed by atoms with Crippen molar-refractivity contribution in [3.05, 3.63) is 138 Å². The van der Waals surface area contributed by atoms with Crippen molar-refractivity contribution < 1.29 is 0 Å². The van der Waals surface area contributed by atoms with Gasteiger partial charge in [-0.25, -0.2) is 4.98 Å². The van der Waals surface area contributed by atoms with Gasteiger partial charge in [0.1, 0.15) is 0 Å². The molecule has 8 heteroatoms. The summed E-state index contributed by atoms with van der Waals surface area (Å²) < 4.78 is 0. The molecule has 0 spiro atoms. The topological polar surface area (TPSA) is 92.1 Å². The van der Waals surface area contributed by atoms with Gasteiger partial charge >= 0.3 is 0 Å². The molecule has 2 unspecified atom stereocenters. The van der Waals surface area contributed by atoms with Crippen LogP contribution in [-0.4, -0.2) is 49.3 Å². The molecule has 5 heterocycles. The molecule has 3 aromatic heterocycles. The third-order valence-corrected chi connectivity index (χ3v) is 8.49. The second kappa shape index (κ2) is 16.1. The van der Waals surface area contributed by atoms with Crippen LogP contribution in [0.3, 0.4) is 0 Å². The van der Waals surface area contributed by atoms with Crippen LogP contribution in [0, 0.1) is 0 Å². The molecule has 2 atom stereocenters. The van der Waals surface area contributed by atoms with Gasteiger partial charge in [-0.05, 0) is 99.4 Å². The molecule has 0 amide bonds. The first-order chi connectivity index (χ1) is 24.1. The number of hydrogen-bond donors (Lipinski definition) is 1. The van der Waals surface area contributed by atoms with Crippen LogP contribution in [0.5, 0.6) is 0 Å². The number of anilines is 1. The van der Waals surface area contributed by atoms with E-state index in [1.165, 1.54) is 11.1 Å². The fourth-order valence-corrected chi connectivity index (χ4v) is 6.08. The number of allylic oxidation sites excluding steroid dienone is 11. The Kier molecular flexibility index (Phi) is 11.0. The molecule has 0 fully saturated rings. The fourth-order valence-electron chi connectivity index (χ4n) is 6.08. The van der Waals surface area contributed by atoms with Gasteiger partial charge in [-0.2, -0.15) is 9.97 Å². The first-order valence-corrected chi connectivity index (χ1v) is 17.3. The van der Waals surface area contributed by atoms with Gasteiger partial charge in [0, 0.05) is 35.8 Å². The second-order valence-corrected chi connectivity index (χ2v) is 11.9. The number of hydrogen-bond acceptors (Lipinski definition) is 8. The van der Waals surface area contributed by atoms with Gasteiger partial charge in [-0.1, -0.05) is 68.5 Å². The Morgan fingerprint density at radius 3 is 2.61 bits per heavy atom. The summed E-state index contributed by atoms with van der Waals surface area (Å²) in [4.78, 5) is 31.8. The first-order valence-electron chi connectivity index (χ1n) is 17.3. The summed E-state index contributed by atoms with van der Waals surface area (Å²) >= 11 is 0. The molecule has 248 valence electrons. The van der Waals surface area contributed by atoms with Crippen molar-refractivity contribution in [3.63, 3.8) is 0 Å². The minimum absolute atomic E-state index is 0.0526. The second-order valence-electron chi connectivity index (χ2n) is 11.9. The molecule has 49 heavy (non-hydrogen) atoms. The fraction of sp³-hybridized carbons (Fsp3) is 0.268. The number of rotatable bonds is 10. The minimum atomic E-state index is -0.120. The summed E-state index contributed by atoms with van der Waals surface area (Å²) in [6.45, 7) is 9.21. The van der Waals surface area contributed by atoms with Gasteiger partial charge in [-0.15, -0.1) is 0 Å².